The highest BCUT2D eigenvalue weighted by atomic mass is 15.1. The van der Waals surface area contributed by atoms with Crippen molar-refractivity contribution in [2.45, 2.75) is 40.2 Å². The second kappa shape index (κ2) is 5.06. The maximum atomic E-state index is 5.83. The predicted octanol–water partition coefficient (Wildman–Crippen LogP) is 3.20. The molecule has 0 aliphatic carbocycles. The van der Waals surface area contributed by atoms with Gasteiger partial charge in [0.1, 0.15) is 0 Å². The van der Waals surface area contributed by atoms with E-state index in [0.717, 1.165) is 18.7 Å². The van der Waals surface area contributed by atoms with Crippen molar-refractivity contribution >= 4 is 11.4 Å². The van der Waals surface area contributed by atoms with Gasteiger partial charge in [-0.1, -0.05) is 13.0 Å². The SMILES string of the molecule is CCCN(c1cc(N)ccc1C)C(C)C. The Bertz CT molecular complexity index is 318. The molecular weight excluding hydrogens is 184 g/mol. The number of nitrogens with zero attached hydrogens (tertiary/aromatic N) is 1. The molecule has 1 rings (SSSR count). The highest BCUT2D eigenvalue weighted by molar-refractivity contribution is 5.61. The average molecular weight is 206 g/mol. The Kier molecular flexibility index (Phi) is 4.01. The molecule has 0 aliphatic rings. The monoisotopic (exact) mass is 206 g/mol. The van der Waals surface area contributed by atoms with Crippen LogP contribution in [0.4, 0.5) is 11.4 Å². The van der Waals surface area contributed by atoms with Crippen LogP contribution in [0.25, 0.3) is 0 Å². The molecule has 0 atom stereocenters. The minimum absolute atomic E-state index is 0.519. The topological polar surface area (TPSA) is 29.3 Å². The lowest BCUT2D eigenvalue weighted by molar-refractivity contribution is 0.669. The third kappa shape index (κ3) is 2.88. The van der Waals surface area contributed by atoms with Crippen molar-refractivity contribution in [3.63, 3.8) is 0 Å². The van der Waals surface area contributed by atoms with Crippen LogP contribution in [0, 0.1) is 6.92 Å². The first-order valence-corrected chi connectivity index (χ1v) is 5.69. The van der Waals surface area contributed by atoms with Gasteiger partial charge in [-0.05, 0) is 44.9 Å². The lowest BCUT2D eigenvalue weighted by Crippen LogP contribution is -2.32. The first kappa shape index (κ1) is 11.9. The highest BCUT2D eigenvalue weighted by Gasteiger charge is 2.11. The Hall–Kier alpha value is -1.18. The quantitative estimate of drug-likeness (QED) is 0.766. The Morgan fingerprint density at radius 3 is 2.53 bits per heavy atom. The average Bonchev–Trinajstić information content (AvgIpc) is 2.18. The zero-order valence-electron chi connectivity index (χ0n) is 10.2. The zero-order chi connectivity index (χ0) is 11.4. The number of nitrogens with two attached hydrogens (primary N) is 1. The van der Waals surface area contributed by atoms with Crippen molar-refractivity contribution in [1.82, 2.24) is 0 Å². The summed E-state index contributed by atoms with van der Waals surface area (Å²) >= 11 is 0. The van der Waals surface area contributed by atoms with E-state index in [0.29, 0.717) is 6.04 Å². The second-order valence-electron chi connectivity index (χ2n) is 4.33. The van der Waals surface area contributed by atoms with Crippen molar-refractivity contribution in [2.75, 3.05) is 17.2 Å². The predicted molar refractivity (Wildman–Crippen MR) is 68.4 cm³/mol. The first-order valence-electron chi connectivity index (χ1n) is 5.69. The summed E-state index contributed by atoms with van der Waals surface area (Å²) < 4.78 is 0. The van der Waals surface area contributed by atoms with Gasteiger partial charge in [0.15, 0.2) is 0 Å². The van der Waals surface area contributed by atoms with E-state index in [9.17, 15) is 0 Å². The van der Waals surface area contributed by atoms with E-state index in [1.165, 1.54) is 11.3 Å². The van der Waals surface area contributed by atoms with Gasteiger partial charge in [-0.25, -0.2) is 0 Å². The molecule has 2 heteroatoms. The minimum atomic E-state index is 0.519. The number of rotatable bonds is 4. The van der Waals surface area contributed by atoms with Crippen LogP contribution < -0.4 is 10.6 Å². The number of anilines is 2. The number of benzene rings is 1. The highest BCUT2D eigenvalue weighted by Crippen LogP contribution is 2.24. The van der Waals surface area contributed by atoms with E-state index >= 15 is 0 Å². The minimum Gasteiger partial charge on any atom is -0.399 e. The smallest absolute Gasteiger partial charge is 0.0418 e. The van der Waals surface area contributed by atoms with Gasteiger partial charge in [-0.3, -0.25) is 0 Å². The van der Waals surface area contributed by atoms with Gasteiger partial charge >= 0.3 is 0 Å². The van der Waals surface area contributed by atoms with Crippen molar-refractivity contribution < 1.29 is 0 Å². The van der Waals surface area contributed by atoms with E-state index in [1.54, 1.807) is 0 Å². The zero-order valence-corrected chi connectivity index (χ0v) is 10.2. The summed E-state index contributed by atoms with van der Waals surface area (Å²) in [5, 5.41) is 0. The van der Waals surface area contributed by atoms with Gasteiger partial charge in [0.2, 0.25) is 0 Å². The Balaban J connectivity index is 3.04. The largest absolute Gasteiger partial charge is 0.399 e. The number of aryl methyl sites for hydroxylation is 1. The van der Waals surface area contributed by atoms with Crippen LogP contribution in [0.3, 0.4) is 0 Å². The third-order valence-electron chi connectivity index (χ3n) is 2.63. The van der Waals surface area contributed by atoms with Gasteiger partial charge in [-0.2, -0.15) is 0 Å². The van der Waals surface area contributed by atoms with Crippen molar-refractivity contribution in [3.8, 4) is 0 Å². The van der Waals surface area contributed by atoms with Crippen LogP contribution in [-0.2, 0) is 0 Å². The Morgan fingerprint density at radius 2 is 2.00 bits per heavy atom. The van der Waals surface area contributed by atoms with Gasteiger partial charge in [0.05, 0.1) is 0 Å². The van der Waals surface area contributed by atoms with Gasteiger partial charge in [0.25, 0.3) is 0 Å². The molecule has 0 spiro atoms. The number of hydrogen-bond donors (Lipinski definition) is 1. The van der Waals surface area contributed by atoms with Crippen molar-refractivity contribution in [2.24, 2.45) is 0 Å². The molecule has 0 aromatic heterocycles. The third-order valence-corrected chi connectivity index (χ3v) is 2.63. The molecule has 0 saturated heterocycles. The maximum absolute atomic E-state index is 5.83. The van der Waals surface area contributed by atoms with E-state index < -0.39 is 0 Å². The number of nitrogen functional groups attached to an aromatic ring is 1. The van der Waals surface area contributed by atoms with Crippen LogP contribution in [0.1, 0.15) is 32.8 Å². The molecule has 1 aromatic rings. The maximum Gasteiger partial charge on any atom is 0.0418 e. The normalized spacial score (nSPS) is 10.7. The molecule has 1 aromatic carbocycles. The van der Waals surface area contributed by atoms with Crippen LogP contribution in [0.5, 0.6) is 0 Å². The van der Waals surface area contributed by atoms with Crippen LogP contribution in [0.15, 0.2) is 18.2 Å². The van der Waals surface area contributed by atoms with Crippen LogP contribution >= 0.6 is 0 Å². The molecule has 0 heterocycles. The molecule has 0 amide bonds. The lowest BCUT2D eigenvalue weighted by atomic mass is 10.1. The molecule has 2 N–H and O–H groups in total. The summed E-state index contributed by atoms with van der Waals surface area (Å²) in [7, 11) is 0. The van der Waals surface area contributed by atoms with Crippen LogP contribution in [0.2, 0.25) is 0 Å². The molecule has 0 unspecified atom stereocenters. The first-order chi connectivity index (χ1) is 7.06. The van der Waals surface area contributed by atoms with Gasteiger partial charge in [-0.15, -0.1) is 0 Å². The van der Waals surface area contributed by atoms with E-state index in [-0.39, 0.29) is 0 Å². The number of hydrogen-bond acceptors (Lipinski definition) is 2. The molecule has 0 aliphatic heterocycles. The standard InChI is InChI=1S/C13H22N2/c1-5-8-15(10(2)3)13-9-12(14)7-6-11(13)4/h6-7,9-10H,5,8,14H2,1-4H3. The molecule has 0 saturated carbocycles. The van der Waals surface area contributed by atoms with Crippen LogP contribution in [-0.4, -0.2) is 12.6 Å². The Morgan fingerprint density at radius 1 is 1.33 bits per heavy atom. The summed E-state index contributed by atoms with van der Waals surface area (Å²) in [5.41, 5.74) is 9.25. The summed E-state index contributed by atoms with van der Waals surface area (Å²) in [6.45, 7) is 9.87. The van der Waals surface area contributed by atoms with Gasteiger partial charge < -0.3 is 10.6 Å². The molecule has 0 fully saturated rings. The molecule has 0 bridgehead atoms. The van der Waals surface area contributed by atoms with E-state index in [2.05, 4.69) is 44.7 Å². The van der Waals surface area contributed by atoms with Gasteiger partial charge in [0, 0.05) is 24.0 Å². The van der Waals surface area contributed by atoms with Crippen molar-refractivity contribution in [1.29, 1.82) is 0 Å². The van der Waals surface area contributed by atoms with E-state index in [4.69, 9.17) is 5.73 Å². The second-order valence-corrected chi connectivity index (χ2v) is 4.33. The summed E-state index contributed by atoms with van der Waals surface area (Å²) in [6, 6.07) is 6.65. The fourth-order valence-corrected chi connectivity index (χ4v) is 1.83. The Labute approximate surface area is 93.1 Å². The summed E-state index contributed by atoms with van der Waals surface area (Å²) in [4.78, 5) is 2.41. The van der Waals surface area contributed by atoms with E-state index in [1.807, 2.05) is 6.07 Å². The molecule has 0 radical (unpaired) electrons. The lowest BCUT2D eigenvalue weighted by Gasteiger charge is -2.30. The van der Waals surface area contributed by atoms with Crippen molar-refractivity contribution in [3.05, 3.63) is 23.8 Å². The fourth-order valence-electron chi connectivity index (χ4n) is 1.83. The molecule has 84 valence electrons. The summed E-state index contributed by atoms with van der Waals surface area (Å²) in [6.07, 6.45) is 1.16. The fraction of sp³-hybridized carbons (Fsp3) is 0.538. The molecular formula is C13H22N2. The molecule has 15 heavy (non-hydrogen) atoms. The molecule has 2 nitrogen and oxygen atoms in total. The summed E-state index contributed by atoms with van der Waals surface area (Å²) in [5.74, 6) is 0.